The number of carbonyl (C=O) groups excluding carboxylic acids is 4. The maximum Gasteiger partial charge on any atom is 0.325 e. The molecule has 32 heavy (non-hydrogen) atoms. The summed E-state index contributed by atoms with van der Waals surface area (Å²) < 4.78 is 0. The van der Waals surface area contributed by atoms with Crippen molar-refractivity contribution in [2.75, 3.05) is 0 Å². The number of amides is 4. The first-order valence-electron chi connectivity index (χ1n) is 10.6. The lowest BCUT2D eigenvalue weighted by atomic mass is 9.99. The van der Waals surface area contributed by atoms with Gasteiger partial charge in [-0.3, -0.25) is 19.6 Å². The molecule has 8 nitrogen and oxygen atoms in total. The van der Waals surface area contributed by atoms with Crippen LogP contribution in [-0.4, -0.2) is 45.8 Å². The van der Waals surface area contributed by atoms with Gasteiger partial charge in [-0.25, -0.2) is 15.2 Å². The van der Waals surface area contributed by atoms with Gasteiger partial charge in [0.25, 0.3) is 11.8 Å². The van der Waals surface area contributed by atoms with Gasteiger partial charge in [-0.2, -0.15) is 0 Å². The molecule has 0 aliphatic carbocycles. The topological polar surface area (TPSA) is 116 Å². The minimum absolute atomic E-state index is 0.0264. The standard InChI is InChI=1S/C24H27N3O5/c1-15(2)21(22(29)26-32)27-23(30)19(25-24(27)31)13-10-16-8-11-18(12-9-16)20(28)14-17-6-4-3-5-7-17/h3-9,11-12,15,19,21,32H,10,13-14H2,1-2H3,(H,25,31)(H,26,29)/t19-,21+/m0/s1. The fraction of sp³-hybridized carbons (Fsp3) is 0.333. The molecule has 0 aromatic heterocycles. The number of benzene rings is 2. The van der Waals surface area contributed by atoms with E-state index in [0.29, 0.717) is 24.8 Å². The van der Waals surface area contributed by atoms with Crippen LogP contribution in [0.2, 0.25) is 0 Å². The Morgan fingerprint density at radius 2 is 1.69 bits per heavy atom. The number of ketones is 1. The van der Waals surface area contributed by atoms with Gasteiger partial charge >= 0.3 is 6.03 Å². The maximum atomic E-state index is 12.8. The summed E-state index contributed by atoms with van der Waals surface area (Å²) in [6, 6.07) is 14.2. The maximum absolute atomic E-state index is 12.8. The minimum atomic E-state index is -1.09. The zero-order valence-corrected chi connectivity index (χ0v) is 18.1. The van der Waals surface area contributed by atoms with E-state index in [1.165, 1.54) is 5.48 Å². The van der Waals surface area contributed by atoms with Crippen molar-refractivity contribution in [3.05, 3.63) is 71.3 Å². The predicted molar refractivity (Wildman–Crippen MR) is 117 cm³/mol. The van der Waals surface area contributed by atoms with E-state index in [1.807, 2.05) is 42.5 Å². The van der Waals surface area contributed by atoms with Crippen LogP contribution in [0.15, 0.2) is 54.6 Å². The van der Waals surface area contributed by atoms with Crippen LogP contribution in [0.3, 0.4) is 0 Å². The molecule has 0 spiro atoms. The van der Waals surface area contributed by atoms with Gasteiger partial charge in [0, 0.05) is 12.0 Å². The summed E-state index contributed by atoms with van der Waals surface area (Å²) in [7, 11) is 0. The molecular weight excluding hydrogens is 410 g/mol. The number of urea groups is 1. The average Bonchev–Trinajstić information content (AvgIpc) is 3.06. The molecule has 1 aliphatic heterocycles. The minimum Gasteiger partial charge on any atom is -0.326 e. The van der Waals surface area contributed by atoms with Crippen LogP contribution in [-0.2, 0) is 22.4 Å². The van der Waals surface area contributed by atoms with Gasteiger partial charge in [0.1, 0.15) is 12.1 Å². The predicted octanol–water partition coefficient (Wildman–Crippen LogP) is 2.50. The molecule has 8 heteroatoms. The van der Waals surface area contributed by atoms with Gasteiger partial charge in [-0.1, -0.05) is 68.4 Å². The van der Waals surface area contributed by atoms with Crippen molar-refractivity contribution in [2.24, 2.45) is 5.92 Å². The average molecular weight is 437 g/mol. The number of imide groups is 1. The molecule has 2 atom stereocenters. The summed E-state index contributed by atoms with van der Waals surface area (Å²) >= 11 is 0. The summed E-state index contributed by atoms with van der Waals surface area (Å²) in [6.07, 6.45) is 1.19. The molecule has 1 aliphatic rings. The molecule has 4 amide bonds. The molecule has 0 bridgehead atoms. The summed E-state index contributed by atoms with van der Waals surface area (Å²) in [6.45, 7) is 3.38. The third kappa shape index (κ3) is 5.20. The van der Waals surface area contributed by atoms with E-state index < -0.39 is 29.9 Å². The number of Topliss-reactive ketones (excluding diaryl/α,β-unsaturated/α-hetero) is 1. The third-order valence-electron chi connectivity index (χ3n) is 5.55. The molecule has 1 fully saturated rings. The van der Waals surface area contributed by atoms with Gasteiger partial charge in [0.05, 0.1) is 0 Å². The van der Waals surface area contributed by atoms with Crippen LogP contribution in [0.1, 0.15) is 41.8 Å². The van der Waals surface area contributed by atoms with Gasteiger partial charge in [0.2, 0.25) is 0 Å². The Bertz CT molecular complexity index is 988. The molecule has 1 heterocycles. The smallest absolute Gasteiger partial charge is 0.325 e. The Kier molecular flexibility index (Phi) is 7.37. The molecule has 2 aromatic carbocycles. The highest BCUT2D eigenvalue weighted by Gasteiger charge is 2.45. The zero-order valence-electron chi connectivity index (χ0n) is 18.1. The van der Waals surface area contributed by atoms with Crippen LogP contribution in [0.25, 0.3) is 0 Å². The van der Waals surface area contributed by atoms with E-state index in [1.54, 1.807) is 26.0 Å². The molecule has 3 rings (SSSR count). The molecule has 168 valence electrons. The molecular formula is C24H27N3O5. The Morgan fingerprint density at radius 3 is 2.28 bits per heavy atom. The monoisotopic (exact) mass is 437 g/mol. The molecule has 3 N–H and O–H groups in total. The highest BCUT2D eigenvalue weighted by Crippen LogP contribution is 2.20. The Labute approximate surface area is 186 Å². The van der Waals surface area contributed by atoms with E-state index in [0.717, 1.165) is 16.0 Å². The number of nitrogens with one attached hydrogen (secondary N) is 2. The first-order valence-corrected chi connectivity index (χ1v) is 10.6. The first kappa shape index (κ1) is 23.1. The summed E-state index contributed by atoms with van der Waals surface area (Å²) in [5.41, 5.74) is 4.02. The molecule has 0 saturated carbocycles. The molecule has 1 saturated heterocycles. The van der Waals surface area contributed by atoms with Crippen LogP contribution < -0.4 is 10.8 Å². The lowest BCUT2D eigenvalue weighted by Crippen LogP contribution is -2.52. The van der Waals surface area contributed by atoms with Crippen molar-refractivity contribution in [3.63, 3.8) is 0 Å². The van der Waals surface area contributed by atoms with Crippen molar-refractivity contribution < 1.29 is 24.4 Å². The van der Waals surface area contributed by atoms with E-state index in [-0.39, 0.29) is 11.7 Å². The second kappa shape index (κ2) is 10.2. The fourth-order valence-corrected chi connectivity index (χ4v) is 3.84. The van der Waals surface area contributed by atoms with Crippen LogP contribution in [0, 0.1) is 5.92 Å². The first-order chi connectivity index (χ1) is 15.3. The van der Waals surface area contributed by atoms with Crippen LogP contribution in [0.4, 0.5) is 4.79 Å². The molecule has 0 unspecified atom stereocenters. The van der Waals surface area contributed by atoms with Crippen LogP contribution >= 0.6 is 0 Å². The summed E-state index contributed by atoms with van der Waals surface area (Å²) in [4.78, 5) is 50.4. The Balaban J connectivity index is 1.59. The highest BCUT2D eigenvalue weighted by molar-refractivity contribution is 6.07. The second-order valence-electron chi connectivity index (χ2n) is 8.20. The molecule has 2 aromatic rings. The third-order valence-corrected chi connectivity index (χ3v) is 5.55. The Hall–Kier alpha value is -3.52. The quantitative estimate of drug-likeness (QED) is 0.241. The zero-order chi connectivity index (χ0) is 23.3. The number of hydrogen-bond acceptors (Lipinski definition) is 5. The second-order valence-corrected chi connectivity index (χ2v) is 8.20. The van der Waals surface area contributed by atoms with E-state index in [4.69, 9.17) is 5.21 Å². The van der Waals surface area contributed by atoms with Gasteiger partial charge in [-0.05, 0) is 29.9 Å². The van der Waals surface area contributed by atoms with Crippen molar-refractivity contribution in [1.29, 1.82) is 0 Å². The SMILES string of the molecule is CC(C)[C@H](C(=O)NO)N1C(=O)N[C@@H](CCc2ccc(C(=O)Cc3ccccc3)cc2)C1=O. The van der Waals surface area contributed by atoms with E-state index in [2.05, 4.69) is 5.32 Å². The highest BCUT2D eigenvalue weighted by atomic mass is 16.5. The number of hydrogen-bond donors (Lipinski definition) is 3. The normalized spacial score (nSPS) is 16.8. The fourth-order valence-electron chi connectivity index (χ4n) is 3.84. The van der Waals surface area contributed by atoms with Crippen molar-refractivity contribution in [2.45, 2.75) is 45.2 Å². The van der Waals surface area contributed by atoms with Crippen molar-refractivity contribution in [1.82, 2.24) is 15.7 Å². The number of hydroxylamine groups is 1. The molecule has 0 radical (unpaired) electrons. The lowest BCUT2D eigenvalue weighted by molar-refractivity contribution is -0.142. The van der Waals surface area contributed by atoms with Gasteiger partial charge < -0.3 is 5.32 Å². The van der Waals surface area contributed by atoms with Gasteiger partial charge in [-0.15, -0.1) is 0 Å². The largest absolute Gasteiger partial charge is 0.326 e. The summed E-state index contributed by atoms with van der Waals surface area (Å²) in [5.74, 6) is -1.64. The van der Waals surface area contributed by atoms with Gasteiger partial charge in [0.15, 0.2) is 5.78 Å². The Morgan fingerprint density at radius 1 is 1.03 bits per heavy atom. The lowest BCUT2D eigenvalue weighted by Gasteiger charge is -2.26. The number of aryl methyl sites for hydroxylation is 1. The number of nitrogens with zero attached hydrogens (tertiary/aromatic N) is 1. The van der Waals surface area contributed by atoms with Crippen molar-refractivity contribution >= 4 is 23.6 Å². The van der Waals surface area contributed by atoms with E-state index >= 15 is 0 Å². The van der Waals surface area contributed by atoms with E-state index in [9.17, 15) is 19.2 Å². The summed E-state index contributed by atoms with van der Waals surface area (Å²) in [5, 5.41) is 11.6. The number of rotatable bonds is 9. The van der Waals surface area contributed by atoms with Crippen molar-refractivity contribution in [3.8, 4) is 0 Å². The number of carbonyl (C=O) groups is 4. The van der Waals surface area contributed by atoms with Crippen LogP contribution in [0.5, 0.6) is 0 Å².